The number of nitriles is 1. The zero-order valence-corrected chi connectivity index (χ0v) is 9.92. The first-order chi connectivity index (χ1) is 8.83. The Hall–Kier alpha value is -2.61. The van der Waals surface area contributed by atoms with Crippen LogP contribution < -0.4 is 10.1 Å². The van der Waals surface area contributed by atoms with Crippen LogP contribution >= 0.6 is 0 Å². The third-order valence-corrected chi connectivity index (χ3v) is 2.43. The van der Waals surface area contributed by atoms with Gasteiger partial charge in [-0.25, -0.2) is 4.98 Å². The lowest BCUT2D eigenvalue weighted by Crippen LogP contribution is -2.02. The summed E-state index contributed by atoms with van der Waals surface area (Å²) in [5.74, 6) is 0.581. The van der Waals surface area contributed by atoms with Crippen molar-refractivity contribution in [2.75, 3.05) is 12.4 Å². The maximum absolute atomic E-state index is 8.94. The summed E-state index contributed by atoms with van der Waals surface area (Å²) in [7, 11) is 1.58. The molecule has 2 aromatic heterocycles. The Morgan fingerprint density at radius 3 is 2.89 bits per heavy atom. The number of pyridine rings is 2. The molecule has 2 aromatic rings. The van der Waals surface area contributed by atoms with Crippen LogP contribution in [0.1, 0.15) is 11.1 Å². The molecule has 0 unspecified atom stereocenters. The van der Waals surface area contributed by atoms with Crippen molar-refractivity contribution >= 4 is 5.69 Å². The summed E-state index contributed by atoms with van der Waals surface area (Å²) in [5, 5.41) is 12.1. The van der Waals surface area contributed by atoms with E-state index < -0.39 is 0 Å². The smallest absolute Gasteiger partial charge is 0.212 e. The molecular weight excluding hydrogens is 228 g/mol. The molecule has 18 heavy (non-hydrogen) atoms. The zero-order valence-electron chi connectivity index (χ0n) is 9.92. The fraction of sp³-hybridized carbons (Fsp3) is 0.154. The van der Waals surface area contributed by atoms with Gasteiger partial charge in [-0.05, 0) is 11.6 Å². The van der Waals surface area contributed by atoms with Crippen molar-refractivity contribution in [3.63, 3.8) is 0 Å². The highest BCUT2D eigenvalue weighted by Crippen LogP contribution is 2.14. The number of methoxy groups -OCH3 is 1. The summed E-state index contributed by atoms with van der Waals surface area (Å²) < 4.78 is 4.98. The first-order valence-electron chi connectivity index (χ1n) is 5.40. The molecule has 0 aliphatic rings. The van der Waals surface area contributed by atoms with E-state index in [0.29, 0.717) is 18.0 Å². The van der Waals surface area contributed by atoms with Crippen LogP contribution in [0.3, 0.4) is 0 Å². The van der Waals surface area contributed by atoms with Crippen LogP contribution in [-0.2, 0) is 6.54 Å². The van der Waals surface area contributed by atoms with Crippen molar-refractivity contribution in [3.8, 4) is 11.9 Å². The van der Waals surface area contributed by atoms with Crippen molar-refractivity contribution in [2.24, 2.45) is 0 Å². The van der Waals surface area contributed by atoms with Gasteiger partial charge in [-0.3, -0.25) is 4.98 Å². The lowest BCUT2D eigenvalue weighted by atomic mass is 10.2. The number of aromatic nitrogens is 2. The first kappa shape index (κ1) is 11.9. The molecule has 0 aliphatic heterocycles. The number of nitrogens with one attached hydrogen (secondary N) is 1. The minimum absolute atomic E-state index is 0.575. The van der Waals surface area contributed by atoms with Crippen LogP contribution in [0.15, 0.2) is 36.8 Å². The van der Waals surface area contributed by atoms with E-state index in [-0.39, 0.29) is 0 Å². The van der Waals surface area contributed by atoms with Gasteiger partial charge in [-0.15, -0.1) is 0 Å². The van der Waals surface area contributed by atoms with Crippen LogP contribution in [0.25, 0.3) is 0 Å². The van der Waals surface area contributed by atoms with Crippen LogP contribution in [0.5, 0.6) is 5.88 Å². The van der Waals surface area contributed by atoms with Crippen LogP contribution in [0, 0.1) is 11.3 Å². The van der Waals surface area contributed by atoms with Gasteiger partial charge in [-0.1, -0.05) is 6.07 Å². The van der Waals surface area contributed by atoms with Gasteiger partial charge in [0.2, 0.25) is 5.88 Å². The van der Waals surface area contributed by atoms with Crippen molar-refractivity contribution in [1.82, 2.24) is 9.97 Å². The molecule has 0 saturated carbocycles. The molecule has 0 amide bonds. The number of rotatable bonds is 4. The Morgan fingerprint density at radius 2 is 2.22 bits per heavy atom. The zero-order chi connectivity index (χ0) is 12.8. The van der Waals surface area contributed by atoms with Gasteiger partial charge < -0.3 is 10.1 Å². The molecule has 2 rings (SSSR count). The number of ether oxygens (including phenoxy) is 1. The fourth-order valence-corrected chi connectivity index (χ4v) is 1.47. The van der Waals surface area contributed by atoms with Gasteiger partial charge in [0.05, 0.1) is 24.6 Å². The van der Waals surface area contributed by atoms with E-state index >= 15 is 0 Å². The summed E-state index contributed by atoms with van der Waals surface area (Å²) >= 11 is 0. The van der Waals surface area contributed by atoms with E-state index in [1.54, 1.807) is 37.8 Å². The second kappa shape index (κ2) is 5.64. The summed E-state index contributed by atoms with van der Waals surface area (Å²) in [6.45, 7) is 0.581. The molecule has 5 heteroatoms. The number of hydrogen-bond acceptors (Lipinski definition) is 5. The summed E-state index contributed by atoms with van der Waals surface area (Å²) in [5.41, 5.74) is 2.30. The van der Waals surface area contributed by atoms with Crippen molar-refractivity contribution in [3.05, 3.63) is 47.9 Å². The molecule has 0 atom stereocenters. The Kier molecular flexibility index (Phi) is 3.72. The lowest BCUT2D eigenvalue weighted by Gasteiger charge is -2.07. The third-order valence-electron chi connectivity index (χ3n) is 2.43. The average molecular weight is 240 g/mol. The second-order valence-corrected chi connectivity index (χ2v) is 3.60. The van der Waals surface area contributed by atoms with E-state index in [2.05, 4.69) is 21.4 Å². The van der Waals surface area contributed by atoms with Gasteiger partial charge in [0.15, 0.2) is 0 Å². The number of hydrogen-bond donors (Lipinski definition) is 1. The van der Waals surface area contributed by atoms with Gasteiger partial charge in [-0.2, -0.15) is 5.26 Å². The molecule has 5 nitrogen and oxygen atoms in total. The van der Waals surface area contributed by atoms with Gasteiger partial charge in [0.1, 0.15) is 6.07 Å². The van der Waals surface area contributed by atoms with Gasteiger partial charge in [0, 0.05) is 25.0 Å². The standard InChI is InChI=1S/C13H12N4O/c1-18-13-3-2-10(8-17-13)7-16-12-9-15-5-4-11(12)6-14/h2-5,8-9,16H,7H2,1H3. The van der Waals surface area contributed by atoms with Crippen LogP contribution in [-0.4, -0.2) is 17.1 Å². The highest BCUT2D eigenvalue weighted by atomic mass is 16.5. The predicted octanol–water partition coefficient (Wildman–Crippen LogP) is 1.97. The minimum atomic E-state index is 0.575. The molecule has 0 radical (unpaired) electrons. The van der Waals surface area contributed by atoms with E-state index in [9.17, 15) is 0 Å². The van der Waals surface area contributed by atoms with Crippen molar-refractivity contribution in [1.29, 1.82) is 5.26 Å². The first-order valence-corrected chi connectivity index (χ1v) is 5.40. The summed E-state index contributed by atoms with van der Waals surface area (Å²) in [6, 6.07) is 7.50. The Labute approximate surface area is 105 Å². The molecule has 90 valence electrons. The Bertz CT molecular complexity index is 560. The maximum Gasteiger partial charge on any atom is 0.212 e. The summed E-state index contributed by atoms with van der Waals surface area (Å²) in [4.78, 5) is 8.09. The lowest BCUT2D eigenvalue weighted by molar-refractivity contribution is 0.397. The fourth-order valence-electron chi connectivity index (χ4n) is 1.47. The topological polar surface area (TPSA) is 70.8 Å². The molecule has 0 aromatic carbocycles. The average Bonchev–Trinajstić information content (AvgIpc) is 2.46. The largest absolute Gasteiger partial charge is 0.481 e. The Morgan fingerprint density at radius 1 is 1.33 bits per heavy atom. The van der Waals surface area contributed by atoms with Gasteiger partial charge in [0.25, 0.3) is 0 Å². The van der Waals surface area contributed by atoms with E-state index in [1.165, 1.54) is 0 Å². The molecular formula is C13H12N4O. The highest BCUT2D eigenvalue weighted by molar-refractivity contribution is 5.55. The molecule has 0 fully saturated rings. The number of anilines is 1. The minimum Gasteiger partial charge on any atom is -0.481 e. The van der Waals surface area contributed by atoms with Crippen LogP contribution in [0.4, 0.5) is 5.69 Å². The van der Waals surface area contributed by atoms with Crippen LogP contribution in [0.2, 0.25) is 0 Å². The maximum atomic E-state index is 8.94. The molecule has 0 spiro atoms. The van der Waals surface area contributed by atoms with Crippen molar-refractivity contribution in [2.45, 2.75) is 6.54 Å². The van der Waals surface area contributed by atoms with E-state index in [1.807, 2.05) is 6.07 Å². The molecule has 0 saturated heterocycles. The molecule has 0 aliphatic carbocycles. The quantitative estimate of drug-likeness (QED) is 0.884. The third kappa shape index (κ3) is 2.74. The second-order valence-electron chi connectivity index (χ2n) is 3.60. The molecule has 0 bridgehead atoms. The Balaban J connectivity index is 2.05. The molecule has 1 N–H and O–H groups in total. The SMILES string of the molecule is COc1ccc(CNc2cnccc2C#N)cn1. The van der Waals surface area contributed by atoms with Crippen molar-refractivity contribution < 1.29 is 4.74 Å². The van der Waals surface area contributed by atoms with Gasteiger partial charge >= 0.3 is 0 Å². The monoisotopic (exact) mass is 240 g/mol. The molecule has 2 heterocycles. The normalized spacial score (nSPS) is 9.56. The highest BCUT2D eigenvalue weighted by Gasteiger charge is 2.01. The summed E-state index contributed by atoms with van der Waals surface area (Å²) in [6.07, 6.45) is 4.96. The number of nitrogens with zero attached hydrogens (tertiary/aromatic N) is 3. The van der Waals surface area contributed by atoms with E-state index in [0.717, 1.165) is 11.3 Å². The predicted molar refractivity (Wildman–Crippen MR) is 67.1 cm³/mol. The van der Waals surface area contributed by atoms with E-state index in [4.69, 9.17) is 10.00 Å².